The van der Waals surface area contributed by atoms with Crippen LogP contribution in [0.15, 0.2) is 36.5 Å². The molecule has 1 fully saturated rings. The first kappa shape index (κ1) is 12.6. The maximum atomic E-state index is 5.76. The van der Waals surface area contributed by atoms with Crippen LogP contribution < -0.4 is 0 Å². The minimum Gasteiger partial charge on any atom is -0.373 e. The summed E-state index contributed by atoms with van der Waals surface area (Å²) in [5.41, 5.74) is 2.38. The predicted octanol–water partition coefficient (Wildman–Crippen LogP) is 2.85. The lowest BCUT2D eigenvalue weighted by Crippen LogP contribution is -2.47. The highest BCUT2D eigenvalue weighted by atomic mass is 16.5. The van der Waals surface area contributed by atoms with E-state index in [-0.39, 0.29) is 5.60 Å². The molecule has 0 aliphatic carbocycles. The van der Waals surface area contributed by atoms with E-state index in [0.717, 1.165) is 31.8 Å². The SMILES string of the molecule is CC1(C)CN(Cc2cccc3cccnc23)CCO1. The second-order valence-electron chi connectivity index (χ2n) is 5.81. The van der Waals surface area contributed by atoms with E-state index >= 15 is 0 Å². The molecule has 1 saturated heterocycles. The Bertz CT molecular complexity index is 574. The minimum absolute atomic E-state index is 0.0454. The number of hydrogen-bond acceptors (Lipinski definition) is 3. The predicted molar refractivity (Wildman–Crippen MR) is 77.1 cm³/mol. The Morgan fingerprint density at radius 3 is 2.95 bits per heavy atom. The third-order valence-electron chi connectivity index (χ3n) is 3.61. The zero-order valence-electron chi connectivity index (χ0n) is 11.6. The van der Waals surface area contributed by atoms with Crippen molar-refractivity contribution in [2.45, 2.75) is 26.0 Å². The quantitative estimate of drug-likeness (QED) is 0.826. The molecule has 0 bridgehead atoms. The molecule has 0 spiro atoms. The van der Waals surface area contributed by atoms with Crippen LogP contribution in [0.3, 0.4) is 0 Å². The molecule has 0 radical (unpaired) electrons. The van der Waals surface area contributed by atoms with Gasteiger partial charge in [0.1, 0.15) is 0 Å². The molecule has 19 heavy (non-hydrogen) atoms. The lowest BCUT2D eigenvalue weighted by atomic mass is 10.1. The van der Waals surface area contributed by atoms with Crippen LogP contribution in [-0.4, -0.2) is 35.2 Å². The molecule has 0 saturated carbocycles. The Labute approximate surface area is 114 Å². The van der Waals surface area contributed by atoms with Gasteiger partial charge in [-0.1, -0.05) is 24.3 Å². The number of ether oxygens (including phenoxy) is 1. The smallest absolute Gasteiger partial charge is 0.0753 e. The normalized spacial score (nSPS) is 19.7. The standard InChI is InChI=1S/C16H20N2O/c1-16(2)12-18(9-10-19-16)11-14-6-3-5-13-7-4-8-17-15(13)14/h3-8H,9-12H2,1-2H3. The third kappa shape index (κ3) is 2.77. The molecular weight excluding hydrogens is 236 g/mol. The molecule has 2 heterocycles. The molecule has 0 unspecified atom stereocenters. The van der Waals surface area contributed by atoms with Gasteiger partial charge < -0.3 is 4.74 Å². The molecule has 1 aromatic carbocycles. The Morgan fingerprint density at radius 1 is 1.26 bits per heavy atom. The Balaban J connectivity index is 1.85. The number of pyridine rings is 1. The van der Waals surface area contributed by atoms with Crippen LogP contribution in [0.25, 0.3) is 10.9 Å². The number of para-hydroxylation sites is 1. The van der Waals surface area contributed by atoms with Gasteiger partial charge in [0.05, 0.1) is 17.7 Å². The number of morpholine rings is 1. The van der Waals surface area contributed by atoms with Gasteiger partial charge in [0.25, 0.3) is 0 Å². The molecule has 100 valence electrons. The summed E-state index contributed by atoms with van der Waals surface area (Å²) in [6, 6.07) is 10.5. The van der Waals surface area contributed by atoms with Gasteiger partial charge in [-0.3, -0.25) is 9.88 Å². The van der Waals surface area contributed by atoms with Crippen LogP contribution in [0.2, 0.25) is 0 Å². The molecule has 1 aliphatic heterocycles. The van der Waals surface area contributed by atoms with E-state index in [1.165, 1.54) is 10.9 Å². The van der Waals surface area contributed by atoms with Crippen LogP contribution in [0.1, 0.15) is 19.4 Å². The highest BCUT2D eigenvalue weighted by Gasteiger charge is 2.27. The van der Waals surface area contributed by atoms with E-state index in [1.54, 1.807) is 0 Å². The Hall–Kier alpha value is -1.45. The number of aromatic nitrogens is 1. The average Bonchev–Trinajstić information content (AvgIpc) is 2.38. The molecule has 2 aromatic rings. The van der Waals surface area contributed by atoms with E-state index in [4.69, 9.17) is 4.74 Å². The summed E-state index contributed by atoms with van der Waals surface area (Å²) >= 11 is 0. The molecular formula is C16H20N2O. The lowest BCUT2D eigenvalue weighted by Gasteiger charge is -2.38. The van der Waals surface area contributed by atoms with Crippen molar-refractivity contribution < 1.29 is 4.74 Å². The van der Waals surface area contributed by atoms with Crippen LogP contribution in [0.5, 0.6) is 0 Å². The first-order valence-corrected chi connectivity index (χ1v) is 6.83. The first-order chi connectivity index (χ1) is 9.14. The number of benzene rings is 1. The highest BCUT2D eigenvalue weighted by Crippen LogP contribution is 2.21. The fourth-order valence-corrected chi connectivity index (χ4v) is 2.79. The van der Waals surface area contributed by atoms with Gasteiger partial charge in [-0.05, 0) is 25.5 Å². The van der Waals surface area contributed by atoms with Gasteiger partial charge in [0.15, 0.2) is 0 Å². The number of hydrogen-bond donors (Lipinski definition) is 0. The maximum absolute atomic E-state index is 5.76. The second kappa shape index (κ2) is 4.91. The Kier molecular flexibility index (Phi) is 3.25. The number of rotatable bonds is 2. The van der Waals surface area contributed by atoms with Gasteiger partial charge in [0, 0.05) is 31.2 Å². The van der Waals surface area contributed by atoms with E-state index < -0.39 is 0 Å². The van der Waals surface area contributed by atoms with Gasteiger partial charge in [0.2, 0.25) is 0 Å². The van der Waals surface area contributed by atoms with Gasteiger partial charge in [-0.15, -0.1) is 0 Å². The van der Waals surface area contributed by atoms with Crippen molar-refractivity contribution in [3.8, 4) is 0 Å². The molecule has 3 heteroatoms. The fourth-order valence-electron chi connectivity index (χ4n) is 2.79. The van der Waals surface area contributed by atoms with Crippen LogP contribution in [-0.2, 0) is 11.3 Å². The molecule has 0 N–H and O–H groups in total. The largest absolute Gasteiger partial charge is 0.373 e. The van der Waals surface area contributed by atoms with Crippen molar-refractivity contribution in [3.63, 3.8) is 0 Å². The van der Waals surface area contributed by atoms with E-state index in [0.29, 0.717) is 0 Å². The van der Waals surface area contributed by atoms with Gasteiger partial charge in [-0.25, -0.2) is 0 Å². The molecule has 1 aromatic heterocycles. The van der Waals surface area contributed by atoms with Crippen molar-refractivity contribution in [2.24, 2.45) is 0 Å². The van der Waals surface area contributed by atoms with E-state index in [1.807, 2.05) is 12.3 Å². The third-order valence-corrected chi connectivity index (χ3v) is 3.61. The summed E-state index contributed by atoms with van der Waals surface area (Å²) in [5, 5.41) is 1.22. The summed E-state index contributed by atoms with van der Waals surface area (Å²) in [5.74, 6) is 0. The van der Waals surface area contributed by atoms with Crippen LogP contribution in [0.4, 0.5) is 0 Å². The first-order valence-electron chi connectivity index (χ1n) is 6.83. The minimum atomic E-state index is -0.0454. The molecule has 0 atom stereocenters. The number of fused-ring (bicyclic) bond motifs is 1. The summed E-state index contributed by atoms with van der Waals surface area (Å²) in [6.07, 6.45) is 1.87. The van der Waals surface area contributed by atoms with Gasteiger partial charge >= 0.3 is 0 Å². The average molecular weight is 256 g/mol. The highest BCUT2D eigenvalue weighted by molar-refractivity contribution is 5.81. The second-order valence-corrected chi connectivity index (χ2v) is 5.81. The molecule has 0 amide bonds. The summed E-state index contributed by atoms with van der Waals surface area (Å²) in [6.45, 7) is 8.02. The number of nitrogens with zero attached hydrogens (tertiary/aromatic N) is 2. The van der Waals surface area contributed by atoms with Crippen molar-refractivity contribution in [2.75, 3.05) is 19.7 Å². The summed E-state index contributed by atoms with van der Waals surface area (Å²) in [7, 11) is 0. The van der Waals surface area contributed by atoms with Crippen molar-refractivity contribution >= 4 is 10.9 Å². The topological polar surface area (TPSA) is 25.4 Å². The summed E-state index contributed by atoms with van der Waals surface area (Å²) < 4.78 is 5.76. The zero-order chi connectivity index (χ0) is 13.3. The van der Waals surface area contributed by atoms with Crippen molar-refractivity contribution in [1.82, 2.24) is 9.88 Å². The summed E-state index contributed by atoms with van der Waals surface area (Å²) in [4.78, 5) is 6.98. The monoisotopic (exact) mass is 256 g/mol. The molecule has 1 aliphatic rings. The van der Waals surface area contributed by atoms with E-state index in [9.17, 15) is 0 Å². The van der Waals surface area contributed by atoms with E-state index in [2.05, 4.69) is 48.0 Å². The molecule has 3 rings (SSSR count). The maximum Gasteiger partial charge on any atom is 0.0753 e. The fraction of sp³-hybridized carbons (Fsp3) is 0.438. The van der Waals surface area contributed by atoms with Crippen LogP contribution in [0, 0.1) is 0 Å². The van der Waals surface area contributed by atoms with Crippen molar-refractivity contribution in [1.29, 1.82) is 0 Å². The molecule has 3 nitrogen and oxygen atoms in total. The Morgan fingerprint density at radius 2 is 2.11 bits per heavy atom. The lowest BCUT2D eigenvalue weighted by molar-refractivity contribution is -0.0881. The van der Waals surface area contributed by atoms with Gasteiger partial charge in [-0.2, -0.15) is 0 Å². The van der Waals surface area contributed by atoms with Crippen molar-refractivity contribution in [3.05, 3.63) is 42.1 Å². The van der Waals surface area contributed by atoms with Crippen LogP contribution >= 0.6 is 0 Å². The zero-order valence-corrected chi connectivity index (χ0v) is 11.6.